The highest BCUT2D eigenvalue weighted by molar-refractivity contribution is 5.97. The zero-order chi connectivity index (χ0) is 11.5. The summed E-state index contributed by atoms with van der Waals surface area (Å²) < 4.78 is 4.79. The molecule has 0 saturated carbocycles. The molecule has 2 rings (SSSR count). The number of hydrogen-bond acceptors (Lipinski definition) is 2. The Labute approximate surface area is 94.8 Å². The van der Waals surface area contributed by atoms with Crippen LogP contribution in [-0.4, -0.2) is 13.1 Å². The number of ether oxygens (including phenoxy) is 1. The van der Waals surface area contributed by atoms with E-state index in [9.17, 15) is 4.79 Å². The quantitative estimate of drug-likeness (QED) is 0.718. The van der Waals surface area contributed by atoms with Crippen molar-refractivity contribution in [3.05, 3.63) is 47.5 Å². The molecule has 0 N–H and O–H groups in total. The van der Waals surface area contributed by atoms with Gasteiger partial charge in [0, 0.05) is 0 Å². The van der Waals surface area contributed by atoms with Gasteiger partial charge in [-0.3, -0.25) is 0 Å². The fourth-order valence-electron chi connectivity index (χ4n) is 1.88. The highest BCUT2D eigenvalue weighted by atomic mass is 16.5. The number of carbonyl (C=O) groups is 1. The van der Waals surface area contributed by atoms with E-state index in [-0.39, 0.29) is 5.97 Å². The van der Waals surface area contributed by atoms with Crippen LogP contribution in [0.5, 0.6) is 0 Å². The molecule has 0 aliphatic carbocycles. The molecule has 2 heteroatoms. The lowest BCUT2D eigenvalue weighted by molar-refractivity contribution is 0.0599. The molecule has 0 aliphatic heterocycles. The first-order chi connectivity index (χ1) is 7.76. The largest absolute Gasteiger partial charge is 0.465 e. The van der Waals surface area contributed by atoms with Crippen molar-refractivity contribution < 1.29 is 9.53 Å². The van der Waals surface area contributed by atoms with Crippen LogP contribution in [0.1, 0.15) is 22.8 Å². The van der Waals surface area contributed by atoms with Crippen LogP contribution in [0, 0.1) is 0 Å². The van der Waals surface area contributed by atoms with Crippen LogP contribution in [-0.2, 0) is 11.2 Å². The molecule has 16 heavy (non-hydrogen) atoms. The Kier molecular flexibility index (Phi) is 2.91. The predicted octanol–water partition coefficient (Wildman–Crippen LogP) is 3.19. The van der Waals surface area contributed by atoms with Crippen molar-refractivity contribution in [3.63, 3.8) is 0 Å². The molecule has 0 bridgehead atoms. The van der Waals surface area contributed by atoms with Crippen LogP contribution in [0.2, 0.25) is 0 Å². The standard InChI is InChI=1S/C14H14O2/c1-3-10-8-11-6-4-5-7-12(11)9-13(10)14(15)16-2/h4-9H,3H2,1-2H3. The fourth-order valence-corrected chi connectivity index (χ4v) is 1.88. The second-order valence-electron chi connectivity index (χ2n) is 3.70. The van der Waals surface area contributed by atoms with E-state index < -0.39 is 0 Å². The Morgan fingerprint density at radius 2 is 1.81 bits per heavy atom. The second kappa shape index (κ2) is 4.35. The molecule has 0 saturated heterocycles. The van der Waals surface area contributed by atoms with Gasteiger partial charge in [-0.25, -0.2) is 4.79 Å². The number of hydrogen-bond donors (Lipinski definition) is 0. The third kappa shape index (κ3) is 1.78. The van der Waals surface area contributed by atoms with Crippen molar-refractivity contribution in [3.8, 4) is 0 Å². The van der Waals surface area contributed by atoms with Gasteiger partial charge in [-0.1, -0.05) is 37.3 Å². The number of esters is 1. The molecule has 0 aromatic heterocycles. The van der Waals surface area contributed by atoms with Crippen LogP contribution in [0.25, 0.3) is 10.8 Å². The molecule has 0 amide bonds. The van der Waals surface area contributed by atoms with Crippen LogP contribution in [0.4, 0.5) is 0 Å². The minimum absolute atomic E-state index is 0.261. The Morgan fingerprint density at radius 1 is 1.19 bits per heavy atom. The van der Waals surface area contributed by atoms with Crippen molar-refractivity contribution in [1.29, 1.82) is 0 Å². The van der Waals surface area contributed by atoms with E-state index in [4.69, 9.17) is 4.74 Å². The first-order valence-corrected chi connectivity index (χ1v) is 5.36. The lowest BCUT2D eigenvalue weighted by Crippen LogP contribution is -2.05. The summed E-state index contributed by atoms with van der Waals surface area (Å²) in [4.78, 5) is 11.6. The van der Waals surface area contributed by atoms with Gasteiger partial charge in [-0.2, -0.15) is 0 Å². The molecule has 0 unspecified atom stereocenters. The van der Waals surface area contributed by atoms with E-state index in [2.05, 4.69) is 12.1 Å². The summed E-state index contributed by atoms with van der Waals surface area (Å²) in [5.74, 6) is -0.261. The maximum absolute atomic E-state index is 11.6. The van der Waals surface area contributed by atoms with E-state index in [0.29, 0.717) is 5.56 Å². The van der Waals surface area contributed by atoms with E-state index in [0.717, 1.165) is 22.8 Å². The van der Waals surface area contributed by atoms with E-state index in [1.165, 1.54) is 7.11 Å². The fraction of sp³-hybridized carbons (Fsp3) is 0.214. The van der Waals surface area contributed by atoms with Gasteiger partial charge in [0.15, 0.2) is 0 Å². The van der Waals surface area contributed by atoms with Gasteiger partial charge in [0.05, 0.1) is 12.7 Å². The number of fused-ring (bicyclic) bond motifs is 1. The molecule has 0 radical (unpaired) electrons. The van der Waals surface area contributed by atoms with Crippen molar-refractivity contribution in [1.82, 2.24) is 0 Å². The smallest absolute Gasteiger partial charge is 0.338 e. The molecular weight excluding hydrogens is 200 g/mol. The van der Waals surface area contributed by atoms with E-state index in [1.54, 1.807) is 0 Å². The number of benzene rings is 2. The lowest BCUT2D eigenvalue weighted by Gasteiger charge is -2.08. The zero-order valence-electron chi connectivity index (χ0n) is 9.49. The highest BCUT2D eigenvalue weighted by Gasteiger charge is 2.11. The zero-order valence-corrected chi connectivity index (χ0v) is 9.49. The van der Waals surface area contributed by atoms with Crippen LogP contribution < -0.4 is 0 Å². The summed E-state index contributed by atoms with van der Waals surface area (Å²) in [6.45, 7) is 2.04. The SMILES string of the molecule is CCc1cc2ccccc2cc1C(=O)OC. The van der Waals surface area contributed by atoms with Gasteiger partial charge >= 0.3 is 5.97 Å². The van der Waals surface area contributed by atoms with Gasteiger partial charge in [0.1, 0.15) is 0 Å². The predicted molar refractivity (Wildman–Crippen MR) is 64.7 cm³/mol. The van der Waals surface area contributed by atoms with Gasteiger partial charge in [0.2, 0.25) is 0 Å². The minimum atomic E-state index is -0.261. The van der Waals surface area contributed by atoms with Gasteiger partial charge in [-0.05, 0) is 28.8 Å². The second-order valence-corrected chi connectivity index (χ2v) is 3.70. The average Bonchev–Trinajstić information content (AvgIpc) is 2.36. The lowest BCUT2D eigenvalue weighted by atomic mass is 9.99. The molecule has 2 nitrogen and oxygen atoms in total. The summed E-state index contributed by atoms with van der Waals surface area (Å²) >= 11 is 0. The molecule has 2 aromatic carbocycles. The van der Waals surface area contributed by atoms with Gasteiger partial charge in [-0.15, -0.1) is 0 Å². The Hall–Kier alpha value is -1.83. The van der Waals surface area contributed by atoms with Crippen LogP contribution in [0.15, 0.2) is 36.4 Å². The summed E-state index contributed by atoms with van der Waals surface area (Å²) in [7, 11) is 1.41. The summed E-state index contributed by atoms with van der Waals surface area (Å²) in [6, 6.07) is 12.0. The topological polar surface area (TPSA) is 26.3 Å². The maximum atomic E-state index is 11.6. The third-order valence-electron chi connectivity index (χ3n) is 2.76. The van der Waals surface area contributed by atoms with Crippen LogP contribution in [0.3, 0.4) is 0 Å². The molecule has 0 atom stereocenters. The molecule has 2 aromatic rings. The van der Waals surface area contributed by atoms with Crippen molar-refractivity contribution in [2.45, 2.75) is 13.3 Å². The number of rotatable bonds is 2. The monoisotopic (exact) mass is 214 g/mol. The number of methoxy groups -OCH3 is 1. The first kappa shape index (κ1) is 10.7. The Balaban J connectivity index is 2.67. The van der Waals surface area contributed by atoms with Gasteiger partial charge in [0.25, 0.3) is 0 Å². The van der Waals surface area contributed by atoms with Crippen LogP contribution >= 0.6 is 0 Å². The molecule has 0 heterocycles. The number of carbonyl (C=O) groups excluding carboxylic acids is 1. The summed E-state index contributed by atoms with van der Waals surface area (Å²) in [5, 5.41) is 2.23. The number of aryl methyl sites for hydroxylation is 1. The minimum Gasteiger partial charge on any atom is -0.465 e. The molecule has 0 aliphatic rings. The van der Waals surface area contributed by atoms with E-state index in [1.807, 2.05) is 31.2 Å². The highest BCUT2D eigenvalue weighted by Crippen LogP contribution is 2.21. The maximum Gasteiger partial charge on any atom is 0.338 e. The molecular formula is C14H14O2. The normalized spacial score (nSPS) is 10.4. The van der Waals surface area contributed by atoms with Crippen molar-refractivity contribution in [2.75, 3.05) is 7.11 Å². The summed E-state index contributed by atoms with van der Waals surface area (Å²) in [6.07, 6.45) is 0.829. The average molecular weight is 214 g/mol. The van der Waals surface area contributed by atoms with Crippen molar-refractivity contribution in [2.24, 2.45) is 0 Å². The Morgan fingerprint density at radius 3 is 2.38 bits per heavy atom. The van der Waals surface area contributed by atoms with Crippen molar-refractivity contribution >= 4 is 16.7 Å². The molecule has 82 valence electrons. The third-order valence-corrected chi connectivity index (χ3v) is 2.76. The summed E-state index contributed by atoms with van der Waals surface area (Å²) in [5.41, 5.74) is 1.70. The first-order valence-electron chi connectivity index (χ1n) is 5.36. The molecule has 0 fully saturated rings. The molecule has 0 spiro atoms. The van der Waals surface area contributed by atoms with E-state index >= 15 is 0 Å². The van der Waals surface area contributed by atoms with Gasteiger partial charge < -0.3 is 4.74 Å². The Bertz CT molecular complexity index is 529.